The first kappa shape index (κ1) is 17.5. The largest absolute Gasteiger partial charge is 0.479 e. The van der Waals surface area contributed by atoms with E-state index in [2.05, 4.69) is 19.2 Å². The Morgan fingerprint density at radius 2 is 1.86 bits per heavy atom. The Bertz CT molecular complexity index is 417. The normalized spacial score (nSPS) is 13.5. The van der Waals surface area contributed by atoms with E-state index in [1.807, 2.05) is 24.3 Å². The Labute approximate surface area is 127 Å². The molecule has 1 aromatic rings. The van der Waals surface area contributed by atoms with Gasteiger partial charge in [0.1, 0.15) is 5.75 Å². The van der Waals surface area contributed by atoms with Gasteiger partial charge in [0.05, 0.1) is 6.61 Å². The van der Waals surface area contributed by atoms with E-state index >= 15 is 0 Å². The standard InChI is InChI=1S/C17H27NO3/c1-5-18-13(3)7-8-15-9-11-16(12-10-15)21-14(4)17(19)20-6-2/h9-14,18H,5-8H2,1-4H3. The number of hydrogen-bond acceptors (Lipinski definition) is 4. The zero-order valence-corrected chi connectivity index (χ0v) is 13.5. The fourth-order valence-corrected chi connectivity index (χ4v) is 2.08. The van der Waals surface area contributed by atoms with Crippen LogP contribution in [0.3, 0.4) is 0 Å². The van der Waals surface area contributed by atoms with Crippen molar-refractivity contribution in [2.24, 2.45) is 0 Å². The molecule has 0 aliphatic carbocycles. The second kappa shape index (κ2) is 9.40. The van der Waals surface area contributed by atoms with Crippen LogP contribution in [-0.2, 0) is 16.0 Å². The summed E-state index contributed by atoms with van der Waals surface area (Å²) >= 11 is 0. The average Bonchev–Trinajstić information content (AvgIpc) is 2.47. The lowest BCUT2D eigenvalue weighted by Gasteiger charge is -2.14. The van der Waals surface area contributed by atoms with Crippen molar-refractivity contribution in [3.05, 3.63) is 29.8 Å². The van der Waals surface area contributed by atoms with Crippen molar-refractivity contribution in [1.82, 2.24) is 5.32 Å². The fraction of sp³-hybridized carbons (Fsp3) is 0.588. The Balaban J connectivity index is 2.44. The lowest BCUT2D eigenvalue weighted by atomic mass is 10.1. The highest BCUT2D eigenvalue weighted by Crippen LogP contribution is 2.15. The van der Waals surface area contributed by atoms with Gasteiger partial charge in [-0.05, 0) is 57.9 Å². The molecule has 21 heavy (non-hydrogen) atoms. The van der Waals surface area contributed by atoms with E-state index in [9.17, 15) is 4.79 Å². The molecule has 0 heterocycles. The first-order chi connectivity index (χ1) is 10.1. The maximum atomic E-state index is 11.5. The molecule has 0 aliphatic heterocycles. The molecule has 2 atom stereocenters. The van der Waals surface area contributed by atoms with Crippen molar-refractivity contribution >= 4 is 5.97 Å². The number of ether oxygens (including phenoxy) is 2. The third-order valence-electron chi connectivity index (χ3n) is 3.27. The van der Waals surface area contributed by atoms with Crippen molar-refractivity contribution in [2.75, 3.05) is 13.2 Å². The van der Waals surface area contributed by atoms with Crippen LogP contribution in [0, 0.1) is 0 Å². The molecule has 0 spiro atoms. The maximum absolute atomic E-state index is 11.5. The van der Waals surface area contributed by atoms with Crippen LogP contribution in [0.15, 0.2) is 24.3 Å². The first-order valence-electron chi connectivity index (χ1n) is 7.72. The summed E-state index contributed by atoms with van der Waals surface area (Å²) in [5.74, 6) is 0.361. The summed E-state index contributed by atoms with van der Waals surface area (Å²) in [5.41, 5.74) is 1.27. The van der Waals surface area contributed by atoms with Gasteiger partial charge in [0.25, 0.3) is 0 Å². The molecule has 118 valence electrons. The maximum Gasteiger partial charge on any atom is 0.347 e. The van der Waals surface area contributed by atoms with E-state index in [1.54, 1.807) is 13.8 Å². The van der Waals surface area contributed by atoms with E-state index in [4.69, 9.17) is 9.47 Å². The molecule has 1 aromatic carbocycles. The van der Waals surface area contributed by atoms with Crippen LogP contribution in [0.5, 0.6) is 5.75 Å². The van der Waals surface area contributed by atoms with Gasteiger partial charge in [-0.3, -0.25) is 0 Å². The lowest BCUT2D eigenvalue weighted by molar-refractivity contribution is -0.150. The van der Waals surface area contributed by atoms with E-state index in [0.717, 1.165) is 19.4 Å². The van der Waals surface area contributed by atoms with Gasteiger partial charge in [0.15, 0.2) is 6.10 Å². The first-order valence-corrected chi connectivity index (χ1v) is 7.72. The van der Waals surface area contributed by atoms with Crippen LogP contribution in [-0.4, -0.2) is 31.3 Å². The molecule has 0 aliphatic rings. The van der Waals surface area contributed by atoms with Crippen molar-refractivity contribution in [2.45, 2.75) is 52.7 Å². The number of carbonyl (C=O) groups is 1. The van der Waals surface area contributed by atoms with Gasteiger partial charge in [0, 0.05) is 6.04 Å². The molecule has 4 heteroatoms. The van der Waals surface area contributed by atoms with Crippen LogP contribution in [0.25, 0.3) is 0 Å². The summed E-state index contributed by atoms with van der Waals surface area (Å²) in [7, 11) is 0. The fourth-order valence-electron chi connectivity index (χ4n) is 2.08. The molecular formula is C17H27NO3. The van der Waals surface area contributed by atoms with Crippen LogP contribution in [0.1, 0.15) is 39.7 Å². The summed E-state index contributed by atoms with van der Waals surface area (Å²) < 4.78 is 10.5. The molecule has 0 radical (unpaired) electrons. The highest BCUT2D eigenvalue weighted by atomic mass is 16.6. The lowest BCUT2D eigenvalue weighted by Crippen LogP contribution is -2.26. The second-order valence-corrected chi connectivity index (χ2v) is 5.15. The predicted molar refractivity (Wildman–Crippen MR) is 84.6 cm³/mol. The molecule has 0 saturated carbocycles. The summed E-state index contributed by atoms with van der Waals surface area (Å²) in [6.07, 6.45) is 1.55. The summed E-state index contributed by atoms with van der Waals surface area (Å²) in [4.78, 5) is 11.5. The van der Waals surface area contributed by atoms with Gasteiger partial charge in [-0.1, -0.05) is 19.1 Å². The Hall–Kier alpha value is -1.55. The number of carbonyl (C=O) groups excluding carboxylic acids is 1. The molecule has 2 unspecified atom stereocenters. The minimum absolute atomic E-state index is 0.332. The third-order valence-corrected chi connectivity index (χ3v) is 3.27. The van der Waals surface area contributed by atoms with Gasteiger partial charge in [-0.2, -0.15) is 0 Å². The van der Waals surface area contributed by atoms with Crippen LogP contribution in [0.4, 0.5) is 0 Å². The molecule has 0 saturated heterocycles. The minimum atomic E-state index is -0.579. The summed E-state index contributed by atoms with van der Waals surface area (Å²) in [6.45, 7) is 9.17. The third kappa shape index (κ3) is 6.63. The molecule has 1 rings (SSSR count). The minimum Gasteiger partial charge on any atom is -0.479 e. The number of nitrogens with one attached hydrogen (secondary N) is 1. The second-order valence-electron chi connectivity index (χ2n) is 5.15. The number of rotatable bonds is 9. The van der Waals surface area contributed by atoms with Crippen molar-refractivity contribution < 1.29 is 14.3 Å². The van der Waals surface area contributed by atoms with Gasteiger partial charge >= 0.3 is 5.97 Å². The number of aryl methyl sites for hydroxylation is 1. The number of esters is 1. The van der Waals surface area contributed by atoms with E-state index in [-0.39, 0.29) is 5.97 Å². The quantitative estimate of drug-likeness (QED) is 0.711. The Kier molecular flexibility index (Phi) is 7.83. The SMILES string of the molecule is CCNC(C)CCc1ccc(OC(C)C(=O)OCC)cc1. The molecule has 0 aromatic heterocycles. The molecule has 4 nitrogen and oxygen atoms in total. The Morgan fingerprint density at radius 3 is 2.43 bits per heavy atom. The van der Waals surface area contributed by atoms with E-state index in [0.29, 0.717) is 18.4 Å². The highest BCUT2D eigenvalue weighted by molar-refractivity contribution is 5.74. The van der Waals surface area contributed by atoms with Crippen LogP contribution in [0.2, 0.25) is 0 Å². The molecule has 0 bridgehead atoms. The summed E-state index contributed by atoms with van der Waals surface area (Å²) in [5, 5.41) is 3.40. The molecule has 0 amide bonds. The van der Waals surface area contributed by atoms with Gasteiger partial charge < -0.3 is 14.8 Å². The van der Waals surface area contributed by atoms with E-state index < -0.39 is 6.10 Å². The van der Waals surface area contributed by atoms with E-state index in [1.165, 1.54) is 5.56 Å². The van der Waals surface area contributed by atoms with Crippen LogP contribution < -0.4 is 10.1 Å². The highest BCUT2D eigenvalue weighted by Gasteiger charge is 2.15. The monoisotopic (exact) mass is 293 g/mol. The van der Waals surface area contributed by atoms with Gasteiger partial charge in [0.2, 0.25) is 0 Å². The van der Waals surface area contributed by atoms with Gasteiger partial charge in [-0.25, -0.2) is 4.79 Å². The van der Waals surface area contributed by atoms with Crippen molar-refractivity contribution in [3.63, 3.8) is 0 Å². The smallest absolute Gasteiger partial charge is 0.347 e. The van der Waals surface area contributed by atoms with Crippen molar-refractivity contribution in [3.8, 4) is 5.75 Å². The summed E-state index contributed by atoms with van der Waals surface area (Å²) in [6, 6.07) is 8.43. The Morgan fingerprint density at radius 1 is 1.19 bits per heavy atom. The molecule has 1 N–H and O–H groups in total. The zero-order valence-electron chi connectivity index (χ0n) is 13.5. The zero-order chi connectivity index (χ0) is 15.7. The topological polar surface area (TPSA) is 47.6 Å². The average molecular weight is 293 g/mol. The molecule has 0 fully saturated rings. The number of benzene rings is 1. The number of hydrogen-bond donors (Lipinski definition) is 1. The van der Waals surface area contributed by atoms with Crippen LogP contribution >= 0.6 is 0 Å². The molecular weight excluding hydrogens is 266 g/mol. The predicted octanol–water partition coefficient (Wildman–Crippen LogP) is 2.95. The van der Waals surface area contributed by atoms with Gasteiger partial charge in [-0.15, -0.1) is 0 Å². The van der Waals surface area contributed by atoms with Crippen molar-refractivity contribution in [1.29, 1.82) is 0 Å².